The minimum atomic E-state index is -0.332. The number of rotatable bonds is 18. The molecular weight excluding hydrogens is 492 g/mol. The van der Waals surface area contributed by atoms with Gasteiger partial charge in [0.2, 0.25) is 0 Å². The van der Waals surface area contributed by atoms with Gasteiger partial charge in [-0.05, 0) is 98.2 Å². The average Bonchev–Trinajstić information content (AvgIpc) is 2.99. The van der Waals surface area contributed by atoms with Crippen LogP contribution in [0.5, 0.6) is 11.5 Å². The molecule has 1 fully saturated rings. The molecule has 1 aliphatic rings. The van der Waals surface area contributed by atoms with Crippen LogP contribution in [0.25, 0.3) is 0 Å². The highest BCUT2D eigenvalue weighted by Gasteiger charge is 2.20. The van der Waals surface area contributed by atoms with Crippen molar-refractivity contribution in [2.75, 3.05) is 6.61 Å². The molecule has 1 aliphatic carbocycles. The highest BCUT2D eigenvalue weighted by atomic mass is 16.5. The summed E-state index contributed by atoms with van der Waals surface area (Å²) < 4.78 is 11.5. The first-order valence-electron chi connectivity index (χ1n) is 16.3. The smallest absolute Gasteiger partial charge is 0.343 e. The van der Waals surface area contributed by atoms with Gasteiger partial charge in [0.05, 0.1) is 12.2 Å². The second-order valence-electron chi connectivity index (χ2n) is 12.0. The van der Waals surface area contributed by atoms with Gasteiger partial charge in [0, 0.05) is 0 Å². The molecule has 0 heterocycles. The van der Waals surface area contributed by atoms with Crippen molar-refractivity contribution in [2.45, 2.75) is 117 Å². The van der Waals surface area contributed by atoms with E-state index in [1.54, 1.807) is 12.1 Å². The molecule has 0 amide bonds. The Morgan fingerprint density at radius 3 is 2.15 bits per heavy atom. The molecule has 0 aliphatic heterocycles. The van der Waals surface area contributed by atoms with E-state index in [1.165, 1.54) is 89.0 Å². The summed E-state index contributed by atoms with van der Waals surface area (Å²) in [6.45, 7) is 7.53. The van der Waals surface area contributed by atoms with Gasteiger partial charge in [0.1, 0.15) is 11.5 Å². The largest absolute Gasteiger partial charge is 0.494 e. The van der Waals surface area contributed by atoms with Gasteiger partial charge in [-0.2, -0.15) is 0 Å². The molecule has 3 nitrogen and oxygen atoms in total. The third kappa shape index (κ3) is 12.3. The van der Waals surface area contributed by atoms with Gasteiger partial charge in [-0.3, -0.25) is 0 Å². The van der Waals surface area contributed by atoms with Crippen molar-refractivity contribution in [1.82, 2.24) is 0 Å². The van der Waals surface area contributed by atoms with E-state index in [-0.39, 0.29) is 5.97 Å². The van der Waals surface area contributed by atoms with Crippen LogP contribution in [-0.4, -0.2) is 12.6 Å². The molecule has 0 N–H and O–H groups in total. The standard InChI is InChI=1S/C37H54O3/c1-4-6-7-8-11-14-31-15-17-32(18-16-31)19-20-33-21-25-36(26-22-33)40-37(38)34-23-27-35(28-24-34)39-29-12-9-10-13-30(3)5-2/h7-8,21-28,30-32H,4-6,9-20,29H2,1-3H3/b8-7+/t30-,31?,32?/m0/s1. The summed E-state index contributed by atoms with van der Waals surface area (Å²) in [6.07, 6.45) is 23.8. The third-order valence-corrected chi connectivity index (χ3v) is 8.70. The van der Waals surface area contributed by atoms with Crippen molar-refractivity contribution in [2.24, 2.45) is 17.8 Å². The Balaban J connectivity index is 1.31. The zero-order valence-electron chi connectivity index (χ0n) is 25.5. The van der Waals surface area contributed by atoms with Crippen LogP contribution in [0.3, 0.4) is 0 Å². The van der Waals surface area contributed by atoms with Crippen molar-refractivity contribution in [1.29, 1.82) is 0 Å². The molecule has 0 unspecified atom stereocenters. The van der Waals surface area contributed by atoms with Crippen LogP contribution in [0.15, 0.2) is 60.7 Å². The number of carbonyl (C=O) groups excluding carboxylic acids is 1. The van der Waals surface area contributed by atoms with Gasteiger partial charge in [-0.15, -0.1) is 0 Å². The minimum absolute atomic E-state index is 0.332. The summed E-state index contributed by atoms with van der Waals surface area (Å²) in [7, 11) is 0. The Labute approximate surface area is 244 Å². The molecule has 0 radical (unpaired) electrons. The van der Waals surface area contributed by atoms with Gasteiger partial charge >= 0.3 is 5.97 Å². The molecule has 2 aromatic rings. The fraction of sp³-hybridized carbons (Fsp3) is 0.595. The first-order valence-corrected chi connectivity index (χ1v) is 16.3. The highest BCUT2D eigenvalue weighted by Crippen LogP contribution is 2.34. The summed E-state index contributed by atoms with van der Waals surface area (Å²) in [4.78, 5) is 12.6. The van der Waals surface area contributed by atoms with E-state index in [2.05, 4.69) is 45.1 Å². The first-order chi connectivity index (χ1) is 19.6. The molecule has 0 bridgehead atoms. The second-order valence-corrected chi connectivity index (χ2v) is 12.0. The molecule has 2 aromatic carbocycles. The normalized spacial score (nSPS) is 18.1. The summed E-state index contributed by atoms with van der Waals surface area (Å²) in [6, 6.07) is 15.4. The summed E-state index contributed by atoms with van der Waals surface area (Å²) in [5.41, 5.74) is 1.86. The Bertz CT molecular complexity index is 967. The van der Waals surface area contributed by atoms with Crippen molar-refractivity contribution < 1.29 is 14.3 Å². The molecule has 0 aromatic heterocycles. The Kier molecular flexibility index (Phi) is 15.0. The molecule has 3 heteroatoms. The summed E-state index contributed by atoms with van der Waals surface area (Å²) >= 11 is 0. The van der Waals surface area contributed by atoms with E-state index in [0.29, 0.717) is 11.3 Å². The van der Waals surface area contributed by atoms with Crippen LogP contribution in [0.2, 0.25) is 0 Å². The number of esters is 1. The van der Waals surface area contributed by atoms with Crippen molar-refractivity contribution in [3.8, 4) is 11.5 Å². The molecular formula is C37H54O3. The zero-order chi connectivity index (χ0) is 28.4. The first kappa shape index (κ1) is 32.0. The van der Waals surface area contributed by atoms with Crippen LogP contribution in [0.4, 0.5) is 0 Å². The average molecular weight is 547 g/mol. The number of hydrogen-bond acceptors (Lipinski definition) is 3. The molecule has 1 atom stereocenters. The SMILES string of the molecule is CCC/C=C/CCC1CCC(CCc2ccc(OC(=O)c3ccc(OCCCCC[C@@H](C)CC)cc3)cc2)CC1. The molecule has 0 saturated heterocycles. The fourth-order valence-corrected chi connectivity index (χ4v) is 5.66. The number of unbranched alkanes of at least 4 members (excludes halogenated alkanes) is 3. The lowest BCUT2D eigenvalue weighted by Gasteiger charge is -2.28. The number of allylic oxidation sites excluding steroid dienone is 2. The van der Waals surface area contributed by atoms with E-state index in [9.17, 15) is 4.79 Å². The van der Waals surface area contributed by atoms with Crippen molar-refractivity contribution in [3.05, 3.63) is 71.8 Å². The lowest BCUT2D eigenvalue weighted by molar-refractivity contribution is 0.0734. The van der Waals surface area contributed by atoms with Crippen molar-refractivity contribution >= 4 is 5.97 Å². The molecule has 40 heavy (non-hydrogen) atoms. The van der Waals surface area contributed by atoms with Crippen LogP contribution in [0.1, 0.15) is 127 Å². The molecule has 1 saturated carbocycles. The third-order valence-electron chi connectivity index (χ3n) is 8.70. The van der Waals surface area contributed by atoms with Crippen LogP contribution >= 0.6 is 0 Å². The van der Waals surface area contributed by atoms with E-state index in [0.717, 1.165) is 43.0 Å². The van der Waals surface area contributed by atoms with Crippen LogP contribution in [0, 0.1) is 17.8 Å². The molecule has 220 valence electrons. The second kappa shape index (κ2) is 18.7. The number of carbonyl (C=O) groups is 1. The van der Waals surface area contributed by atoms with E-state index >= 15 is 0 Å². The Morgan fingerprint density at radius 1 is 0.825 bits per heavy atom. The maximum atomic E-state index is 12.6. The van der Waals surface area contributed by atoms with Gasteiger partial charge in [0.25, 0.3) is 0 Å². The van der Waals surface area contributed by atoms with Gasteiger partial charge < -0.3 is 9.47 Å². The predicted octanol–water partition coefficient (Wildman–Crippen LogP) is 10.8. The quantitative estimate of drug-likeness (QED) is 0.0807. The monoisotopic (exact) mass is 546 g/mol. The minimum Gasteiger partial charge on any atom is -0.494 e. The van der Waals surface area contributed by atoms with E-state index < -0.39 is 0 Å². The Hall–Kier alpha value is -2.55. The lowest BCUT2D eigenvalue weighted by atomic mass is 9.78. The van der Waals surface area contributed by atoms with Gasteiger partial charge in [-0.1, -0.05) is 103 Å². The van der Waals surface area contributed by atoms with Crippen molar-refractivity contribution in [3.63, 3.8) is 0 Å². The topological polar surface area (TPSA) is 35.5 Å². The number of hydrogen-bond donors (Lipinski definition) is 0. The molecule has 3 rings (SSSR count). The van der Waals surface area contributed by atoms with E-state index in [4.69, 9.17) is 9.47 Å². The number of ether oxygens (including phenoxy) is 2. The van der Waals surface area contributed by atoms with E-state index in [1.807, 2.05) is 24.3 Å². The molecule has 0 spiro atoms. The zero-order valence-corrected chi connectivity index (χ0v) is 25.5. The fourth-order valence-electron chi connectivity index (χ4n) is 5.66. The highest BCUT2D eigenvalue weighted by molar-refractivity contribution is 5.91. The maximum Gasteiger partial charge on any atom is 0.343 e. The van der Waals surface area contributed by atoms with Crippen LogP contribution in [-0.2, 0) is 6.42 Å². The number of aryl methyl sites for hydroxylation is 1. The summed E-state index contributed by atoms with van der Waals surface area (Å²) in [5, 5.41) is 0. The number of benzene rings is 2. The van der Waals surface area contributed by atoms with Gasteiger partial charge in [-0.25, -0.2) is 4.79 Å². The van der Waals surface area contributed by atoms with Crippen LogP contribution < -0.4 is 9.47 Å². The predicted molar refractivity (Wildman–Crippen MR) is 168 cm³/mol. The lowest BCUT2D eigenvalue weighted by Crippen LogP contribution is -2.15. The maximum absolute atomic E-state index is 12.6. The Morgan fingerprint density at radius 2 is 1.48 bits per heavy atom. The summed E-state index contributed by atoms with van der Waals surface area (Å²) in [5.74, 6) is 3.66. The van der Waals surface area contributed by atoms with Gasteiger partial charge in [0.15, 0.2) is 0 Å².